The normalized spacial score (nSPS) is 12.5. The van der Waals surface area contributed by atoms with Crippen molar-refractivity contribution in [3.8, 4) is 90.4 Å². The number of hydrogen-bond donors (Lipinski definition) is 2. The molecular weight excluding hydrogens is 981 g/mol. The van der Waals surface area contributed by atoms with Gasteiger partial charge in [-0.3, -0.25) is 9.13 Å². The maximum Gasteiger partial charge on any atom is 0.149 e. The van der Waals surface area contributed by atoms with E-state index >= 15 is 0 Å². The first-order chi connectivity index (χ1) is 37.8. The van der Waals surface area contributed by atoms with Crippen LogP contribution in [-0.4, -0.2) is 39.3 Å². The van der Waals surface area contributed by atoms with E-state index in [2.05, 4.69) is 233 Å². The maximum atomic E-state index is 12.3. The van der Waals surface area contributed by atoms with Crippen LogP contribution in [0.4, 0.5) is 0 Å². The molecular formula is C72H72N6O2. The number of nitrogens with zero attached hydrogens (tertiary/aromatic N) is 6. The Labute approximate surface area is 471 Å². The van der Waals surface area contributed by atoms with E-state index in [1.807, 2.05) is 36.4 Å². The van der Waals surface area contributed by atoms with Gasteiger partial charge in [0.1, 0.15) is 29.5 Å². The van der Waals surface area contributed by atoms with Crippen LogP contribution in [0, 0.1) is 13.8 Å². The van der Waals surface area contributed by atoms with Crippen LogP contribution in [-0.2, 0) is 21.7 Å². The van der Waals surface area contributed by atoms with E-state index in [9.17, 15) is 10.2 Å². The summed E-state index contributed by atoms with van der Waals surface area (Å²) in [6, 6.07) is 57.1. The Morgan fingerprint density at radius 3 is 1.10 bits per heavy atom. The lowest BCUT2D eigenvalue weighted by atomic mass is 9.79. The van der Waals surface area contributed by atoms with E-state index in [0.29, 0.717) is 22.8 Å². The third-order valence-electron chi connectivity index (χ3n) is 15.5. The van der Waals surface area contributed by atoms with Crippen LogP contribution < -0.4 is 0 Å². The highest BCUT2D eigenvalue weighted by atomic mass is 16.3. The van der Waals surface area contributed by atoms with E-state index in [0.717, 1.165) is 112 Å². The van der Waals surface area contributed by atoms with Crippen molar-refractivity contribution < 1.29 is 10.2 Å². The first-order valence-corrected chi connectivity index (χ1v) is 27.8. The number of benzene rings is 8. The van der Waals surface area contributed by atoms with E-state index in [-0.39, 0.29) is 33.2 Å². The average molecular weight is 1050 g/mol. The third-order valence-corrected chi connectivity index (χ3v) is 15.5. The van der Waals surface area contributed by atoms with Crippen LogP contribution in [0.1, 0.15) is 116 Å². The molecule has 0 spiro atoms. The summed E-state index contributed by atoms with van der Waals surface area (Å²) in [6.07, 6.45) is 1.66. The number of fused-ring (bicyclic) bond motifs is 2. The van der Waals surface area contributed by atoms with Crippen molar-refractivity contribution in [2.45, 2.75) is 119 Å². The predicted molar refractivity (Wildman–Crippen MR) is 332 cm³/mol. The fourth-order valence-corrected chi connectivity index (χ4v) is 11.2. The molecule has 0 bridgehead atoms. The number of hydrogen-bond acceptors (Lipinski definition) is 6. The van der Waals surface area contributed by atoms with Crippen LogP contribution in [0.5, 0.6) is 11.5 Å². The minimum atomic E-state index is -0.314. The number of imidazole rings is 2. The fourth-order valence-electron chi connectivity index (χ4n) is 11.2. The summed E-state index contributed by atoms with van der Waals surface area (Å²) in [7, 11) is 0. The zero-order valence-corrected chi connectivity index (χ0v) is 48.7. The standard InChI is InChI=1S/C72H72N6O2/c1-43-31-45(53-27-21-29-61-63(53)75-67(77(61)51-23-17-15-18-24-51)55-37-49(69(3,4)5)39-57(65(55)79)71(9,10)11)35-47(33-43)59-41-60(74-42-73-59)48-34-44(2)32-46(36-48)54-28-22-30-62-64(54)76-68(78(62)52-25-19-16-20-26-52)56-38-50(70(6,7)8)40-58(66(56)80)72(12,13)14/h15-42,79-80H,1-14H3. The Bertz CT molecular complexity index is 3930. The van der Waals surface area contributed by atoms with Gasteiger partial charge < -0.3 is 10.2 Å². The molecule has 8 aromatic carbocycles. The SMILES string of the molecule is Cc1cc(-c2cc(-c3cc(C)cc(-c4cccc5c4nc(-c4cc(C(C)(C)C)cc(C(C)(C)C)c4O)n5-c4ccccc4)c3)ncn2)cc(-c2cccc3c2nc(-c2cc(C(C)(C)C)cc(C(C)(C)C)c2O)n3-c2ccccc2)c1. The summed E-state index contributed by atoms with van der Waals surface area (Å²) in [5, 5.41) is 24.5. The predicted octanol–water partition coefficient (Wildman–Crippen LogP) is 18.4. The molecule has 0 unspecified atom stereocenters. The van der Waals surface area contributed by atoms with Crippen molar-refractivity contribution >= 4 is 22.1 Å². The van der Waals surface area contributed by atoms with Crippen LogP contribution in [0.25, 0.3) is 101 Å². The lowest BCUT2D eigenvalue weighted by Crippen LogP contribution is -2.17. The van der Waals surface area contributed by atoms with Gasteiger partial charge >= 0.3 is 0 Å². The second-order valence-electron chi connectivity index (χ2n) is 25.9. The van der Waals surface area contributed by atoms with Gasteiger partial charge in [-0.05, 0) is 148 Å². The first-order valence-electron chi connectivity index (χ1n) is 27.8. The zero-order chi connectivity index (χ0) is 56.8. The Balaban J connectivity index is 1.03. The average Bonchev–Trinajstić information content (AvgIpc) is 4.00. The molecule has 3 heterocycles. The monoisotopic (exact) mass is 1050 g/mol. The van der Waals surface area contributed by atoms with Crippen molar-refractivity contribution in [2.24, 2.45) is 0 Å². The van der Waals surface area contributed by atoms with Gasteiger partial charge in [-0.25, -0.2) is 19.9 Å². The van der Waals surface area contributed by atoms with Crippen molar-refractivity contribution in [1.29, 1.82) is 0 Å². The molecule has 0 aliphatic carbocycles. The third kappa shape index (κ3) is 9.86. The van der Waals surface area contributed by atoms with Crippen molar-refractivity contribution in [3.05, 3.63) is 203 Å². The van der Waals surface area contributed by atoms with Gasteiger partial charge in [-0.2, -0.15) is 0 Å². The molecule has 0 fully saturated rings. The molecule has 11 rings (SSSR count). The lowest BCUT2D eigenvalue weighted by Gasteiger charge is -2.27. The van der Waals surface area contributed by atoms with Crippen molar-refractivity contribution in [1.82, 2.24) is 29.1 Å². The van der Waals surface area contributed by atoms with E-state index in [1.165, 1.54) is 0 Å². The van der Waals surface area contributed by atoms with E-state index in [1.54, 1.807) is 6.33 Å². The summed E-state index contributed by atoms with van der Waals surface area (Å²) in [5.74, 6) is 1.85. The molecule has 0 aliphatic heterocycles. The quantitative estimate of drug-likeness (QED) is 0.157. The Morgan fingerprint density at radius 1 is 0.362 bits per heavy atom. The maximum absolute atomic E-state index is 12.3. The van der Waals surface area contributed by atoms with Crippen molar-refractivity contribution in [3.63, 3.8) is 0 Å². The van der Waals surface area contributed by atoms with E-state index in [4.69, 9.17) is 19.9 Å². The number of aryl methyl sites for hydroxylation is 2. The summed E-state index contributed by atoms with van der Waals surface area (Å²) >= 11 is 0. The molecule has 0 saturated carbocycles. The van der Waals surface area contributed by atoms with Crippen LogP contribution in [0.15, 0.2) is 170 Å². The molecule has 80 heavy (non-hydrogen) atoms. The zero-order valence-electron chi connectivity index (χ0n) is 48.7. The summed E-state index contributed by atoms with van der Waals surface area (Å²) < 4.78 is 4.37. The number of rotatable bonds is 8. The molecule has 0 aliphatic rings. The van der Waals surface area contributed by atoms with Gasteiger partial charge in [0, 0.05) is 44.8 Å². The largest absolute Gasteiger partial charge is 0.507 e. The molecule has 0 atom stereocenters. The summed E-state index contributed by atoms with van der Waals surface area (Å²) in [5.41, 5.74) is 19.5. The molecule has 0 saturated heterocycles. The number of phenols is 2. The van der Waals surface area contributed by atoms with Gasteiger partial charge in [-0.1, -0.05) is 168 Å². The Kier molecular flexibility index (Phi) is 13.1. The molecule has 3 aromatic heterocycles. The molecule has 402 valence electrons. The van der Waals surface area contributed by atoms with Crippen LogP contribution in [0.3, 0.4) is 0 Å². The second-order valence-corrected chi connectivity index (χ2v) is 25.9. The highest BCUT2D eigenvalue weighted by Crippen LogP contribution is 2.47. The summed E-state index contributed by atoms with van der Waals surface area (Å²) in [4.78, 5) is 20.8. The highest BCUT2D eigenvalue weighted by Gasteiger charge is 2.31. The van der Waals surface area contributed by atoms with Crippen LogP contribution >= 0.6 is 0 Å². The van der Waals surface area contributed by atoms with Crippen molar-refractivity contribution in [2.75, 3.05) is 0 Å². The Hall–Kier alpha value is -8.62. The van der Waals surface area contributed by atoms with Gasteiger partial charge in [0.2, 0.25) is 0 Å². The fraction of sp³-hybridized carbons (Fsp3) is 0.250. The number of para-hydroxylation sites is 4. The minimum Gasteiger partial charge on any atom is -0.507 e. The molecule has 8 heteroatoms. The minimum absolute atomic E-state index is 0.173. The first kappa shape index (κ1) is 53.4. The number of phenolic OH excluding ortho intramolecular Hbond substituents is 2. The highest BCUT2D eigenvalue weighted by molar-refractivity contribution is 5.98. The second kappa shape index (κ2) is 19.6. The summed E-state index contributed by atoms with van der Waals surface area (Å²) in [6.45, 7) is 30.4. The smallest absolute Gasteiger partial charge is 0.149 e. The molecule has 11 aromatic rings. The molecule has 2 N–H and O–H groups in total. The van der Waals surface area contributed by atoms with Gasteiger partial charge in [0.15, 0.2) is 0 Å². The molecule has 0 radical (unpaired) electrons. The van der Waals surface area contributed by atoms with Gasteiger partial charge in [0.05, 0.1) is 44.6 Å². The topological polar surface area (TPSA) is 102 Å². The Morgan fingerprint density at radius 2 is 0.738 bits per heavy atom. The molecule has 0 amide bonds. The van der Waals surface area contributed by atoms with Gasteiger partial charge in [-0.15, -0.1) is 0 Å². The van der Waals surface area contributed by atoms with Crippen LogP contribution in [0.2, 0.25) is 0 Å². The van der Waals surface area contributed by atoms with E-state index < -0.39 is 0 Å². The van der Waals surface area contributed by atoms with Gasteiger partial charge in [0.25, 0.3) is 0 Å². The molecule has 8 nitrogen and oxygen atoms in total. The number of aromatic hydroxyl groups is 2. The lowest BCUT2D eigenvalue weighted by molar-refractivity contribution is 0.445. The number of aromatic nitrogens is 6.